The molecule has 2 saturated heterocycles. The van der Waals surface area contributed by atoms with Crippen LogP contribution >= 0.6 is 34.8 Å². The molecule has 0 spiro atoms. The molecule has 1 unspecified atom stereocenters. The first kappa shape index (κ1) is 26.5. The Bertz CT molecular complexity index is 1170. The van der Waals surface area contributed by atoms with Crippen molar-refractivity contribution in [3.8, 4) is 5.75 Å². The van der Waals surface area contributed by atoms with Crippen LogP contribution in [0.3, 0.4) is 0 Å². The zero-order chi connectivity index (χ0) is 25.0. The molecule has 35 heavy (non-hydrogen) atoms. The quantitative estimate of drug-likeness (QED) is 0.532. The molecule has 2 aromatic rings. The van der Waals surface area contributed by atoms with Crippen molar-refractivity contribution >= 4 is 50.7 Å². The number of nitrogens with zero attached hydrogens (tertiary/aromatic N) is 1. The van der Waals surface area contributed by atoms with Crippen LogP contribution in [0.1, 0.15) is 42.5 Å². The van der Waals surface area contributed by atoms with E-state index in [0.717, 1.165) is 32.4 Å². The summed E-state index contributed by atoms with van der Waals surface area (Å²) < 4.78 is 35.1. The number of nitrogens with one attached hydrogen (secondary N) is 2. The summed E-state index contributed by atoms with van der Waals surface area (Å²) in [5, 5.41) is 7.14. The van der Waals surface area contributed by atoms with Gasteiger partial charge >= 0.3 is 0 Å². The lowest BCUT2D eigenvalue weighted by Crippen LogP contribution is -2.44. The van der Waals surface area contributed by atoms with Gasteiger partial charge in [-0.3, -0.25) is 4.79 Å². The molecule has 2 aromatic carbocycles. The van der Waals surface area contributed by atoms with Crippen molar-refractivity contribution < 1.29 is 17.9 Å². The van der Waals surface area contributed by atoms with Gasteiger partial charge in [0.2, 0.25) is 10.0 Å². The molecule has 1 atom stereocenters. The first-order chi connectivity index (χ1) is 16.8. The molecule has 2 aliphatic heterocycles. The number of hydrogen-bond acceptors (Lipinski definition) is 5. The number of sulfonamides is 1. The molecule has 2 N–H and O–H groups in total. The third kappa shape index (κ3) is 6.42. The molecule has 2 aliphatic rings. The SMILES string of the molecule is O=C(NC1CCCCN(S(=O)(=O)c2cccc(Cl)c2OC2CCNCC2)C1)c1ccc(Cl)c(Cl)c1. The van der Waals surface area contributed by atoms with Crippen molar-refractivity contribution in [2.75, 3.05) is 26.2 Å². The Labute approximate surface area is 221 Å². The van der Waals surface area contributed by atoms with Crippen molar-refractivity contribution in [2.24, 2.45) is 0 Å². The third-order valence-corrected chi connectivity index (χ3v) is 9.20. The fraction of sp³-hybridized carbons (Fsp3) is 0.458. The van der Waals surface area contributed by atoms with Crippen LogP contribution in [-0.4, -0.2) is 57.0 Å². The van der Waals surface area contributed by atoms with Crippen LogP contribution in [0.4, 0.5) is 0 Å². The van der Waals surface area contributed by atoms with E-state index in [4.69, 9.17) is 39.5 Å². The highest BCUT2D eigenvalue weighted by atomic mass is 35.5. The molecule has 2 heterocycles. The summed E-state index contributed by atoms with van der Waals surface area (Å²) in [5.41, 5.74) is 0.366. The van der Waals surface area contributed by atoms with Crippen molar-refractivity contribution in [3.63, 3.8) is 0 Å². The Hall–Kier alpha value is -1.55. The maximum absolute atomic E-state index is 13.8. The second-order valence-electron chi connectivity index (χ2n) is 8.79. The molecule has 0 aromatic heterocycles. The average molecular weight is 561 g/mol. The van der Waals surface area contributed by atoms with E-state index in [0.29, 0.717) is 30.0 Å². The third-order valence-electron chi connectivity index (χ3n) is 6.27. The minimum absolute atomic E-state index is 0.0555. The van der Waals surface area contributed by atoms with Crippen LogP contribution in [0.25, 0.3) is 0 Å². The zero-order valence-corrected chi connectivity index (χ0v) is 22.2. The Morgan fingerprint density at radius 2 is 1.77 bits per heavy atom. The van der Waals surface area contributed by atoms with Gasteiger partial charge in [0.1, 0.15) is 11.0 Å². The number of amides is 1. The van der Waals surface area contributed by atoms with E-state index in [1.54, 1.807) is 24.3 Å². The lowest BCUT2D eigenvalue weighted by atomic mass is 10.1. The van der Waals surface area contributed by atoms with Crippen LogP contribution < -0.4 is 15.4 Å². The number of rotatable bonds is 6. The largest absolute Gasteiger partial charge is 0.487 e. The molecule has 7 nitrogen and oxygen atoms in total. The monoisotopic (exact) mass is 559 g/mol. The smallest absolute Gasteiger partial charge is 0.251 e. The van der Waals surface area contributed by atoms with E-state index in [1.165, 1.54) is 16.4 Å². The van der Waals surface area contributed by atoms with Crippen LogP contribution in [0.15, 0.2) is 41.3 Å². The van der Waals surface area contributed by atoms with Gasteiger partial charge in [-0.1, -0.05) is 47.3 Å². The molecule has 11 heteroatoms. The predicted molar refractivity (Wildman–Crippen MR) is 138 cm³/mol. The lowest BCUT2D eigenvalue weighted by molar-refractivity contribution is 0.0931. The Morgan fingerprint density at radius 1 is 1.00 bits per heavy atom. The highest BCUT2D eigenvalue weighted by molar-refractivity contribution is 7.89. The van der Waals surface area contributed by atoms with E-state index in [-0.39, 0.29) is 45.3 Å². The maximum Gasteiger partial charge on any atom is 0.251 e. The van der Waals surface area contributed by atoms with Crippen LogP contribution in [0.5, 0.6) is 5.75 Å². The number of benzene rings is 2. The van der Waals surface area contributed by atoms with Gasteiger partial charge in [0.25, 0.3) is 5.91 Å². The van der Waals surface area contributed by atoms with E-state index >= 15 is 0 Å². The van der Waals surface area contributed by atoms with E-state index in [9.17, 15) is 13.2 Å². The first-order valence-corrected chi connectivity index (χ1v) is 14.2. The molecule has 4 rings (SSSR count). The fourth-order valence-corrected chi connectivity index (χ4v) is 6.62. The van der Waals surface area contributed by atoms with Gasteiger partial charge in [0.05, 0.1) is 15.1 Å². The van der Waals surface area contributed by atoms with Crippen molar-refractivity contribution in [3.05, 3.63) is 57.0 Å². The number of piperidine rings is 1. The molecule has 0 radical (unpaired) electrons. The molecule has 1 amide bonds. The average Bonchev–Trinajstić information content (AvgIpc) is 3.09. The van der Waals surface area contributed by atoms with Crippen LogP contribution in [0.2, 0.25) is 15.1 Å². The highest BCUT2D eigenvalue weighted by Crippen LogP contribution is 2.36. The lowest BCUT2D eigenvalue weighted by Gasteiger charge is -2.28. The van der Waals surface area contributed by atoms with Gasteiger partial charge < -0.3 is 15.4 Å². The van der Waals surface area contributed by atoms with Gasteiger partial charge in [-0.25, -0.2) is 8.42 Å². The summed E-state index contributed by atoms with van der Waals surface area (Å²) in [6.45, 7) is 2.11. The Kier molecular flexibility index (Phi) is 8.84. The number of para-hydroxylation sites is 1. The number of carbonyl (C=O) groups excluding carboxylic acids is 1. The standard InChI is InChI=1S/C24H28Cl3N3O4S/c25-19-8-7-16(14-21(19)27)24(31)29-17-4-1-2-13-30(15-17)35(32,33)22-6-3-5-20(26)23(22)34-18-9-11-28-12-10-18/h3,5-8,14,17-18,28H,1-2,4,9-13,15H2,(H,29,31). The minimum Gasteiger partial charge on any atom is -0.487 e. The van der Waals surface area contributed by atoms with Crippen molar-refractivity contribution in [1.29, 1.82) is 0 Å². The second kappa shape index (κ2) is 11.7. The van der Waals surface area contributed by atoms with E-state index in [1.807, 2.05) is 0 Å². The van der Waals surface area contributed by atoms with Gasteiger partial charge in [-0.05, 0) is 69.1 Å². The number of ether oxygens (including phenoxy) is 1. The predicted octanol–water partition coefficient (Wildman–Crippen LogP) is 4.75. The van der Waals surface area contributed by atoms with Crippen molar-refractivity contribution in [1.82, 2.24) is 14.9 Å². The summed E-state index contributed by atoms with van der Waals surface area (Å²) in [6, 6.07) is 9.08. The molecule has 0 saturated carbocycles. The normalized spacial score (nSPS) is 20.3. The maximum atomic E-state index is 13.8. The second-order valence-corrected chi connectivity index (χ2v) is 11.9. The molecule has 190 valence electrons. The number of halogens is 3. The van der Waals surface area contributed by atoms with Crippen LogP contribution in [-0.2, 0) is 10.0 Å². The Balaban J connectivity index is 1.54. The molecule has 2 fully saturated rings. The summed E-state index contributed by atoms with van der Waals surface area (Å²) in [4.78, 5) is 12.9. The summed E-state index contributed by atoms with van der Waals surface area (Å²) in [6.07, 6.45) is 3.57. The van der Waals surface area contributed by atoms with E-state index < -0.39 is 10.0 Å². The van der Waals surface area contributed by atoms with Gasteiger partial charge in [0.15, 0.2) is 5.75 Å². The first-order valence-electron chi connectivity index (χ1n) is 11.7. The van der Waals surface area contributed by atoms with Crippen molar-refractivity contribution in [2.45, 2.75) is 49.1 Å². The summed E-state index contributed by atoms with van der Waals surface area (Å²) in [5.74, 6) is -0.132. The Morgan fingerprint density at radius 3 is 2.51 bits per heavy atom. The number of hydrogen-bond donors (Lipinski definition) is 2. The van der Waals surface area contributed by atoms with E-state index in [2.05, 4.69) is 10.6 Å². The minimum atomic E-state index is -3.92. The zero-order valence-electron chi connectivity index (χ0n) is 19.1. The molecular weight excluding hydrogens is 533 g/mol. The summed E-state index contributed by atoms with van der Waals surface area (Å²) in [7, 11) is -3.92. The number of carbonyl (C=O) groups is 1. The van der Waals surface area contributed by atoms with Gasteiger partial charge in [0, 0.05) is 24.7 Å². The fourth-order valence-electron chi connectivity index (χ4n) is 4.38. The summed E-state index contributed by atoms with van der Waals surface area (Å²) >= 11 is 18.4. The van der Waals surface area contributed by atoms with Gasteiger partial charge in [-0.15, -0.1) is 0 Å². The molecular formula is C24H28Cl3N3O4S. The highest BCUT2D eigenvalue weighted by Gasteiger charge is 2.33. The van der Waals surface area contributed by atoms with Gasteiger partial charge in [-0.2, -0.15) is 4.31 Å². The van der Waals surface area contributed by atoms with Crippen LogP contribution in [0, 0.1) is 0 Å². The molecule has 0 bridgehead atoms. The topological polar surface area (TPSA) is 87.7 Å². The molecule has 0 aliphatic carbocycles.